The van der Waals surface area contributed by atoms with E-state index < -0.39 is 71.2 Å². The molecule has 0 saturated carbocycles. The van der Waals surface area contributed by atoms with Gasteiger partial charge in [-0.2, -0.15) is 41.5 Å². The zero-order valence-electron chi connectivity index (χ0n) is 36.7. The van der Waals surface area contributed by atoms with Crippen molar-refractivity contribution < 1.29 is 57.1 Å². The van der Waals surface area contributed by atoms with E-state index in [1.54, 1.807) is 41.5 Å². The van der Waals surface area contributed by atoms with Crippen LogP contribution in [0.1, 0.15) is 133 Å². The molecular weight excluding hydrogens is 784 g/mol. The molecule has 0 aromatic rings. The minimum Gasteiger partial charge on any atom is -0.436 e. The molecule has 334 valence electrons. The van der Waals surface area contributed by atoms with E-state index in [2.05, 4.69) is 20.5 Å². The third-order valence-corrected chi connectivity index (χ3v) is 8.45. The lowest BCUT2D eigenvalue weighted by Gasteiger charge is -2.20. The number of esters is 4. The van der Waals surface area contributed by atoms with E-state index in [0.29, 0.717) is 26.1 Å². The van der Waals surface area contributed by atoms with Crippen molar-refractivity contribution >= 4 is 23.9 Å². The summed E-state index contributed by atoms with van der Waals surface area (Å²) in [4.78, 5) is 49.1. The van der Waals surface area contributed by atoms with Crippen LogP contribution in [-0.4, -0.2) is 97.6 Å². The first kappa shape index (κ1) is 54.9. The minimum absolute atomic E-state index is 0.00612. The first-order valence-electron chi connectivity index (χ1n) is 19.9. The van der Waals surface area contributed by atoms with E-state index in [4.69, 9.17) is 37.9 Å². The van der Waals surface area contributed by atoms with E-state index in [9.17, 15) is 40.2 Å². The molecule has 0 aliphatic rings. The molecule has 0 amide bonds. The van der Waals surface area contributed by atoms with E-state index >= 15 is 0 Å². The van der Waals surface area contributed by atoms with Crippen LogP contribution in [-0.2, 0) is 57.1 Å². The van der Waals surface area contributed by atoms with Gasteiger partial charge in [0.15, 0.2) is 47.3 Å². The lowest BCUT2D eigenvalue weighted by Crippen LogP contribution is -2.27. The molecule has 0 spiro atoms. The van der Waals surface area contributed by atoms with E-state index in [0.717, 1.165) is 0 Å². The SMILES string of the molecule is CCOC(C)OC(=O)CCC(C)(C#N)N=NC(C)(C#N)CCC(=O)OC(C)OCCCCOC(C)OC(=O)CCC(C)(C#N)N=NC(C)(C#N)CCC(=O)OC(C)OCC. The Labute approximate surface area is 353 Å². The lowest BCUT2D eigenvalue weighted by atomic mass is 9.97. The number of unbranched alkanes of at least 4 members (excludes halogenated alkanes) is 1. The molecule has 0 aliphatic heterocycles. The molecule has 0 aliphatic carbocycles. The summed E-state index contributed by atoms with van der Waals surface area (Å²) < 4.78 is 42.2. The van der Waals surface area contributed by atoms with Crippen LogP contribution in [0.2, 0.25) is 0 Å². The second kappa shape index (κ2) is 28.4. The first-order chi connectivity index (χ1) is 28.1. The molecule has 8 unspecified atom stereocenters. The molecule has 0 radical (unpaired) electrons. The molecule has 0 saturated heterocycles. The van der Waals surface area contributed by atoms with Crippen LogP contribution >= 0.6 is 0 Å². The topological polar surface area (TPSA) is 287 Å². The van der Waals surface area contributed by atoms with Gasteiger partial charge in [-0.15, -0.1) is 0 Å². The minimum atomic E-state index is -1.44. The van der Waals surface area contributed by atoms with E-state index in [1.165, 1.54) is 27.7 Å². The van der Waals surface area contributed by atoms with Crippen molar-refractivity contribution in [1.29, 1.82) is 21.0 Å². The summed E-state index contributed by atoms with van der Waals surface area (Å²) in [5.74, 6) is -2.40. The Morgan fingerprint density at radius 2 is 0.667 bits per heavy atom. The Bertz CT molecular complexity index is 1490. The fourth-order valence-corrected chi connectivity index (χ4v) is 4.62. The molecule has 0 aromatic heterocycles. The van der Waals surface area contributed by atoms with Gasteiger partial charge in [-0.25, -0.2) is 0 Å². The maximum atomic E-state index is 12.5. The predicted molar refractivity (Wildman–Crippen MR) is 209 cm³/mol. The standard InChI is InChI=1S/C40H62N8O12/c1-11-53-29(3)57-33(49)15-19-37(7,25-41)45-47-39(9,27-43)21-17-35(51)59-31(5)55-23-13-14-24-56-32(6)60-36(52)18-22-40(10,28-44)48-46-38(8,26-42)20-16-34(50)58-30(4)54-12-2/h29-32H,11-24H2,1-10H3. The van der Waals surface area contributed by atoms with Gasteiger partial charge in [0.1, 0.15) is 0 Å². The summed E-state index contributed by atoms with van der Waals surface area (Å²) in [6.45, 7) is 16.8. The maximum Gasteiger partial charge on any atom is 0.308 e. The van der Waals surface area contributed by atoms with Gasteiger partial charge in [0.25, 0.3) is 0 Å². The van der Waals surface area contributed by atoms with Gasteiger partial charge in [-0.05, 0) is 108 Å². The second-order valence-electron chi connectivity index (χ2n) is 14.5. The smallest absolute Gasteiger partial charge is 0.308 e. The summed E-state index contributed by atoms with van der Waals surface area (Å²) in [6.07, 6.45) is -2.88. The van der Waals surface area contributed by atoms with Crippen LogP contribution in [0.3, 0.4) is 0 Å². The molecule has 0 rings (SSSR count). The highest BCUT2D eigenvalue weighted by Gasteiger charge is 2.32. The van der Waals surface area contributed by atoms with E-state index in [1.807, 2.05) is 24.3 Å². The number of hydrogen-bond acceptors (Lipinski definition) is 20. The van der Waals surface area contributed by atoms with Gasteiger partial charge in [0, 0.05) is 38.9 Å². The number of nitriles is 4. The Balaban J connectivity index is 4.62. The van der Waals surface area contributed by atoms with Gasteiger partial charge >= 0.3 is 23.9 Å². The maximum absolute atomic E-state index is 12.5. The molecule has 0 fully saturated rings. The average molecular weight is 847 g/mol. The quantitative estimate of drug-likeness (QED) is 0.0234. The summed E-state index contributed by atoms with van der Waals surface area (Å²) in [5, 5.41) is 54.9. The van der Waals surface area contributed by atoms with Crippen LogP contribution < -0.4 is 0 Å². The zero-order chi connectivity index (χ0) is 45.8. The average Bonchev–Trinajstić information content (AvgIpc) is 3.20. The molecule has 0 N–H and O–H groups in total. The summed E-state index contributed by atoms with van der Waals surface area (Å²) >= 11 is 0. The van der Waals surface area contributed by atoms with Gasteiger partial charge in [-0.1, -0.05) is 0 Å². The Morgan fingerprint density at radius 3 is 0.867 bits per heavy atom. The van der Waals surface area contributed by atoms with Crippen molar-refractivity contribution in [3.8, 4) is 24.3 Å². The highest BCUT2D eigenvalue weighted by atomic mass is 16.7. The number of nitrogens with zero attached hydrogens (tertiary/aromatic N) is 8. The highest BCUT2D eigenvalue weighted by Crippen LogP contribution is 2.26. The van der Waals surface area contributed by atoms with Crippen molar-refractivity contribution in [3.63, 3.8) is 0 Å². The highest BCUT2D eigenvalue weighted by molar-refractivity contribution is 5.70. The summed E-state index contributed by atoms with van der Waals surface area (Å²) in [7, 11) is 0. The molecule has 60 heavy (non-hydrogen) atoms. The normalized spacial score (nSPS) is 17.4. The first-order valence-corrected chi connectivity index (χ1v) is 19.9. The van der Waals surface area contributed by atoms with Crippen molar-refractivity contribution in [3.05, 3.63) is 0 Å². The fraction of sp³-hybridized carbons (Fsp3) is 0.800. The van der Waals surface area contributed by atoms with Crippen LogP contribution in [0.15, 0.2) is 20.5 Å². The molecule has 0 bridgehead atoms. The van der Waals surface area contributed by atoms with Crippen LogP contribution in [0, 0.1) is 45.3 Å². The van der Waals surface area contributed by atoms with Crippen molar-refractivity contribution in [2.45, 2.75) is 181 Å². The molecule has 20 nitrogen and oxygen atoms in total. The third-order valence-electron chi connectivity index (χ3n) is 8.45. The second-order valence-corrected chi connectivity index (χ2v) is 14.5. The summed E-state index contributed by atoms with van der Waals surface area (Å²) in [5.41, 5.74) is -5.69. The zero-order valence-corrected chi connectivity index (χ0v) is 36.7. The molecule has 0 heterocycles. The van der Waals surface area contributed by atoms with Gasteiger partial charge < -0.3 is 37.9 Å². The number of ether oxygens (including phenoxy) is 8. The van der Waals surface area contributed by atoms with Gasteiger partial charge in [0.05, 0.1) is 37.5 Å². The molecular formula is C40H62N8O12. The predicted octanol–water partition coefficient (Wildman–Crippen LogP) is 6.58. The van der Waals surface area contributed by atoms with Crippen molar-refractivity contribution in [1.82, 2.24) is 0 Å². The lowest BCUT2D eigenvalue weighted by molar-refractivity contribution is -0.178. The Kier molecular flexibility index (Phi) is 25.9. The van der Waals surface area contributed by atoms with Crippen molar-refractivity contribution in [2.75, 3.05) is 26.4 Å². The molecule has 0 aromatic carbocycles. The fourth-order valence-electron chi connectivity index (χ4n) is 4.62. The number of hydrogen-bond donors (Lipinski definition) is 0. The number of azo groups is 2. The molecule has 20 heteroatoms. The van der Waals surface area contributed by atoms with Crippen LogP contribution in [0.5, 0.6) is 0 Å². The van der Waals surface area contributed by atoms with Gasteiger partial charge in [0.2, 0.25) is 0 Å². The Hall–Kier alpha value is -5.12. The third kappa shape index (κ3) is 24.7. The number of carbonyl (C=O) groups is 4. The number of carbonyl (C=O) groups excluding carboxylic acids is 4. The van der Waals surface area contributed by atoms with Crippen LogP contribution in [0.4, 0.5) is 0 Å². The number of rotatable bonds is 31. The Morgan fingerprint density at radius 1 is 0.450 bits per heavy atom. The monoisotopic (exact) mass is 846 g/mol. The van der Waals surface area contributed by atoms with Gasteiger partial charge in [-0.3, -0.25) is 19.2 Å². The van der Waals surface area contributed by atoms with E-state index in [-0.39, 0.29) is 64.6 Å². The van der Waals surface area contributed by atoms with Crippen molar-refractivity contribution in [2.24, 2.45) is 20.5 Å². The van der Waals surface area contributed by atoms with Crippen LogP contribution in [0.25, 0.3) is 0 Å². The summed E-state index contributed by atoms with van der Waals surface area (Å²) in [6, 6.07) is 8.00. The largest absolute Gasteiger partial charge is 0.436 e. The molecule has 8 atom stereocenters.